The first-order valence-electron chi connectivity index (χ1n) is 23.0. The van der Waals surface area contributed by atoms with Crippen molar-refractivity contribution >= 4 is 99.1 Å². The van der Waals surface area contributed by atoms with Crippen molar-refractivity contribution in [1.82, 2.24) is 58.5 Å². The van der Waals surface area contributed by atoms with Gasteiger partial charge < -0.3 is 75.9 Å². The number of aliphatic hydroxyl groups excluding tert-OH is 3. The highest BCUT2D eigenvalue weighted by atomic mass is 32.5. The minimum Gasteiger partial charge on any atom is -0.387 e. The molecule has 15 N–H and O–H groups in total. The van der Waals surface area contributed by atoms with Gasteiger partial charge in [0.1, 0.15) is 54.6 Å². The molecule has 0 spiro atoms. The second kappa shape index (κ2) is 22.5. The number of fused-ring (bicyclic) bond motifs is 3. The molecule has 16 atom stereocenters. The molecule has 0 aliphatic carbocycles. The van der Waals surface area contributed by atoms with Gasteiger partial charge in [0.2, 0.25) is 23.6 Å². The van der Waals surface area contributed by atoms with Crippen LogP contribution in [0.2, 0.25) is 0 Å². The number of carbonyl (C=O) groups is 1. The van der Waals surface area contributed by atoms with E-state index >= 15 is 0 Å². The minimum atomic E-state index is -5.78. The lowest BCUT2D eigenvalue weighted by atomic mass is 9.94. The smallest absolute Gasteiger partial charge is 0.387 e. The van der Waals surface area contributed by atoms with Crippen molar-refractivity contribution in [2.45, 2.75) is 73.9 Å². The fourth-order valence-corrected chi connectivity index (χ4v) is 15.0. The van der Waals surface area contributed by atoms with Crippen LogP contribution in [0.4, 0.5) is 17.7 Å². The highest BCUT2D eigenvalue weighted by Gasteiger charge is 2.54. The summed E-state index contributed by atoms with van der Waals surface area (Å²) in [6, 6.07) is 0. The summed E-state index contributed by atoms with van der Waals surface area (Å²) in [6.45, 7) is -8.52. The van der Waals surface area contributed by atoms with E-state index in [0.717, 1.165) is 24.3 Å². The second-order valence-corrected chi connectivity index (χ2v) is 25.6. The Morgan fingerprint density at radius 3 is 2.01 bits per heavy atom. The van der Waals surface area contributed by atoms with Gasteiger partial charge in [-0.15, -0.1) is 0 Å². The third-order valence-electron chi connectivity index (χ3n) is 12.6. The average Bonchev–Trinajstić information content (AvgIpc) is 4.23. The van der Waals surface area contributed by atoms with Crippen LogP contribution >= 0.6 is 30.2 Å². The van der Waals surface area contributed by atoms with Crippen molar-refractivity contribution in [2.75, 3.05) is 58.2 Å². The molecule has 6 aromatic heterocycles. The van der Waals surface area contributed by atoms with Gasteiger partial charge in [-0.1, -0.05) is 4.98 Å². The van der Waals surface area contributed by atoms with Crippen molar-refractivity contribution in [2.24, 2.45) is 13.0 Å². The number of ether oxygens (including phenoxy) is 4. The monoisotopic (exact) mass is 1230 g/mol. The number of amides is 1. The predicted octanol–water partition coefficient (Wildman–Crippen LogP) is -3.86. The topological polar surface area (TPSA) is 545 Å². The molecule has 0 radical (unpaired) electrons. The summed E-state index contributed by atoms with van der Waals surface area (Å²) in [7, 11) is -11.4. The summed E-state index contributed by atoms with van der Waals surface area (Å²) in [4.78, 5) is 112. The first-order chi connectivity index (χ1) is 37.5. The number of aromatic nitrogens is 12. The number of hydrogen-bond acceptors (Lipinski definition) is 29. The Kier molecular flexibility index (Phi) is 16.7. The largest absolute Gasteiger partial charge is 0.479 e. The van der Waals surface area contributed by atoms with Crippen LogP contribution in [0.15, 0.2) is 34.9 Å². The number of methoxy groups -OCH3 is 1. The molecule has 39 nitrogen and oxygen atoms in total. The third kappa shape index (κ3) is 12.1. The van der Waals surface area contributed by atoms with Crippen LogP contribution in [-0.2, 0) is 83.0 Å². The van der Waals surface area contributed by atoms with Gasteiger partial charge in [-0.25, -0.2) is 46.8 Å². The summed E-state index contributed by atoms with van der Waals surface area (Å²) in [5, 5.41) is 33.3. The van der Waals surface area contributed by atoms with Gasteiger partial charge in [0.05, 0.1) is 45.6 Å². The maximum Gasteiger partial charge on any atom is 0.479 e. The van der Waals surface area contributed by atoms with Crippen LogP contribution in [0.25, 0.3) is 33.5 Å². The zero-order chi connectivity index (χ0) is 58.1. The fraction of sp³-hybridized carbons (Fsp3) is 0.556. The van der Waals surface area contributed by atoms with Gasteiger partial charge in [-0.3, -0.25) is 56.1 Å². The molecule has 0 aromatic carbocycles. The molecule has 4 unspecified atom stereocenters. The number of rotatable bonds is 21. The molecule has 3 aliphatic heterocycles. The van der Waals surface area contributed by atoms with Gasteiger partial charge >= 0.3 is 35.8 Å². The van der Waals surface area contributed by atoms with E-state index < -0.39 is 147 Å². The minimum absolute atomic E-state index is 0.0142. The standard InChI is InChI=1S/C36H50N16O23P4S/c1-48(2)17(53)5-13-14(70-32(21(13)54)52-12-49(3)20-29(52)45-36(39)47-31(20)58)6-68-77(61,62)74-79(65,80)75-78(63,64)69-8-16-24(25(66-4)34(72-16)50-10-42-18-26(37)40-9-41-27(18)50)73-76(59,60)67-7-15-22(55)23(56)33(71-15)51-11-43-19-28(51)44-35(38)46-30(19)57/h9-16,21-25,32-34,54-56H,5-8H2,1-4H3,(H11-,37,38,39,40,41,44,45,46,47,57,58,59,60,61,62,63,64,65,80)/p+1/t13-,14-,15-,16-,21-,22-,23-,24-,25-,32-,33-,34-,79?/m1/s1. The number of nitrogens with zero attached hydrogens (tertiary/aromatic N) is 11. The Hall–Kier alpha value is -5.22. The summed E-state index contributed by atoms with van der Waals surface area (Å²) in [6.07, 6.45) is -13.4. The summed E-state index contributed by atoms with van der Waals surface area (Å²) >= 11 is 4.79. The van der Waals surface area contributed by atoms with Crippen molar-refractivity contribution in [3.63, 3.8) is 0 Å². The Morgan fingerprint density at radius 1 is 0.762 bits per heavy atom. The number of imidazole rings is 3. The second-order valence-electron chi connectivity index (χ2n) is 18.1. The summed E-state index contributed by atoms with van der Waals surface area (Å²) < 4.78 is 99.1. The van der Waals surface area contributed by atoms with Crippen LogP contribution in [-0.4, -0.2) is 189 Å². The van der Waals surface area contributed by atoms with Crippen LogP contribution < -0.4 is 32.9 Å². The molecule has 3 saturated heterocycles. The first kappa shape index (κ1) is 59.4. The normalized spacial score (nSPS) is 29.2. The molecular formula is C36H51N16O23P4S+. The van der Waals surface area contributed by atoms with E-state index in [1.54, 1.807) is 0 Å². The lowest BCUT2D eigenvalue weighted by Crippen LogP contribution is -2.45. The number of nitrogens with one attached hydrogen (secondary N) is 2. The van der Waals surface area contributed by atoms with E-state index in [-0.39, 0.29) is 51.2 Å². The number of hydrogen-bond donors (Lipinski definition) is 12. The average molecular weight is 1230 g/mol. The maximum absolute atomic E-state index is 13.8. The summed E-state index contributed by atoms with van der Waals surface area (Å²) in [5.74, 6) is -2.37. The van der Waals surface area contributed by atoms with Crippen molar-refractivity contribution in [3.8, 4) is 0 Å². The lowest BCUT2D eigenvalue weighted by Gasteiger charge is -2.26. The van der Waals surface area contributed by atoms with Gasteiger partial charge in [0.25, 0.3) is 17.1 Å². The zero-order valence-corrected chi connectivity index (χ0v) is 46.0. The lowest BCUT2D eigenvalue weighted by molar-refractivity contribution is -0.745. The van der Waals surface area contributed by atoms with E-state index in [9.17, 15) is 63.0 Å². The van der Waals surface area contributed by atoms with Gasteiger partial charge in [-0.2, -0.15) is 4.98 Å². The first-order valence-corrected chi connectivity index (χ1v) is 30.1. The third-order valence-corrected chi connectivity index (χ3v) is 19.1. The van der Waals surface area contributed by atoms with Crippen LogP contribution in [0.3, 0.4) is 0 Å². The van der Waals surface area contributed by atoms with E-state index in [1.165, 1.54) is 52.4 Å². The molecular weight excluding hydrogens is 1180 g/mol. The Balaban J connectivity index is 0.879. The van der Waals surface area contributed by atoms with E-state index in [1.807, 2.05) is 0 Å². The van der Waals surface area contributed by atoms with E-state index in [4.69, 9.17) is 66.1 Å². The quantitative estimate of drug-likeness (QED) is 0.0242. The highest BCUT2D eigenvalue weighted by Crippen LogP contribution is 2.68. The van der Waals surface area contributed by atoms with E-state index in [2.05, 4.69) is 48.5 Å². The molecule has 9 rings (SSSR count). The zero-order valence-electron chi connectivity index (χ0n) is 41.6. The number of H-pyrrole nitrogens is 2. The maximum atomic E-state index is 13.8. The Morgan fingerprint density at radius 2 is 1.35 bits per heavy atom. The number of anilines is 3. The number of phosphoric acid groups is 3. The van der Waals surface area contributed by atoms with Crippen molar-refractivity contribution < 1.29 is 104 Å². The molecule has 9 heterocycles. The molecule has 80 heavy (non-hydrogen) atoms. The number of aryl methyl sites for hydroxylation is 1. The molecule has 3 fully saturated rings. The van der Waals surface area contributed by atoms with E-state index in [0.29, 0.717) is 0 Å². The van der Waals surface area contributed by atoms with Gasteiger partial charge in [-0.05, 0) is 11.8 Å². The summed E-state index contributed by atoms with van der Waals surface area (Å²) in [5.41, 5.74) is 15.8. The number of nitrogens with two attached hydrogens (primary N) is 3. The SMILES string of the molecule is CO[C@@H]1[C@H](OP(=O)(O)OC[C@H]2O[C@@H](n3cnc4c(=O)[nH]c(N)nc43)[C@H](O)[C@@H]2O)[C@@H](COP(=O)(O)OP(O)(=S)OP(=O)(O)OC[C@H]2O[C@@H]([n+]3cn(C)c4c(=O)[nH]c(N)nc43)[C@H](O)[C@@H]2CC(=O)N(C)C)O[C@H]1n1cnc2c(N)ncnc21. The molecule has 1 amide bonds. The van der Waals surface area contributed by atoms with Gasteiger partial charge in [0.15, 0.2) is 41.4 Å². The van der Waals surface area contributed by atoms with Crippen LogP contribution in [0.5, 0.6) is 0 Å². The predicted molar refractivity (Wildman–Crippen MR) is 266 cm³/mol. The molecule has 0 bridgehead atoms. The molecule has 44 heteroatoms. The number of phosphoric ester groups is 3. The molecule has 0 saturated carbocycles. The number of nitrogen functional groups attached to an aromatic ring is 3. The van der Waals surface area contributed by atoms with Gasteiger partial charge in [0, 0.05) is 33.5 Å². The van der Waals surface area contributed by atoms with Crippen LogP contribution in [0.1, 0.15) is 25.1 Å². The van der Waals surface area contributed by atoms with Crippen LogP contribution in [0, 0.1) is 5.92 Å². The molecule has 438 valence electrons. The number of carbonyl (C=O) groups excluding carboxylic acids is 1. The molecule has 6 aromatic rings. The Bertz CT molecular complexity index is 3660. The van der Waals surface area contributed by atoms with Crippen molar-refractivity contribution in [3.05, 3.63) is 46.0 Å². The molecule has 3 aliphatic rings. The highest BCUT2D eigenvalue weighted by molar-refractivity contribution is 8.09. The Labute approximate surface area is 451 Å². The fourth-order valence-electron chi connectivity index (χ4n) is 9.01. The number of aliphatic hydroxyl groups is 3. The van der Waals surface area contributed by atoms with Crippen molar-refractivity contribution in [1.29, 1.82) is 0 Å². The number of aromatic amines is 2.